The highest BCUT2D eigenvalue weighted by Crippen LogP contribution is 2.27. The molecule has 2 fully saturated rings. The van der Waals surface area contributed by atoms with E-state index in [0.717, 1.165) is 25.9 Å². The van der Waals surface area contributed by atoms with E-state index in [1.54, 1.807) is 6.92 Å². The summed E-state index contributed by atoms with van der Waals surface area (Å²) in [6.07, 6.45) is 1.78. The molecule has 1 aromatic heterocycles. The smallest absolute Gasteiger partial charge is 0.251 e. The number of nitrogens with zero attached hydrogens (tertiary/aromatic N) is 3. The van der Waals surface area contributed by atoms with Gasteiger partial charge in [-0.3, -0.25) is 9.59 Å². The van der Waals surface area contributed by atoms with Crippen molar-refractivity contribution >= 4 is 5.91 Å². The lowest BCUT2D eigenvalue weighted by Gasteiger charge is -2.39. The maximum atomic E-state index is 13.0. The lowest BCUT2D eigenvalue weighted by atomic mass is 9.94. The molecule has 7 heteroatoms. The van der Waals surface area contributed by atoms with Crippen molar-refractivity contribution in [1.82, 2.24) is 19.8 Å². The number of H-pyrrole nitrogens is 1. The van der Waals surface area contributed by atoms with Gasteiger partial charge in [-0.15, -0.1) is 0 Å². The van der Waals surface area contributed by atoms with Gasteiger partial charge in [0, 0.05) is 18.5 Å². The van der Waals surface area contributed by atoms with Crippen LogP contribution in [-0.4, -0.2) is 65.6 Å². The SMILES string of the molecule is Cc1nc(C2COCCN2C(=O)C2CCN(C)CC2)cc(=O)[nH]1. The molecular formula is C16H24N4O3. The molecular weight excluding hydrogens is 296 g/mol. The number of rotatable bonds is 2. The Morgan fingerprint density at radius 2 is 2.09 bits per heavy atom. The molecule has 1 aromatic rings. The highest BCUT2D eigenvalue weighted by atomic mass is 16.5. The van der Waals surface area contributed by atoms with E-state index in [0.29, 0.717) is 31.3 Å². The van der Waals surface area contributed by atoms with Crippen LogP contribution in [0.2, 0.25) is 0 Å². The van der Waals surface area contributed by atoms with Gasteiger partial charge in [-0.2, -0.15) is 0 Å². The first-order valence-electron chi connectivity index (χ1n) is 8.19. The van der Waals surface area contributed by atoms with Gasteiger partial charge in [-0.1, -0.05) is 0 Å². The summed E-state index contributed by atoms with van der Waals surface area (Å²) >= 11 is 0. The van der Waals surface area contributed by atoms with Crippen LogP contribution >= 0.6 is 0 Å². The molecule has 1 N–H and O–H groups in total. The first kappa shape index (κ1) is 16.1. The summed E-state index contributed by atoms with van der Waals surface area (Å²) < 4.78 is 5.55. The number of carbonyl (C=O) groups excluding carboxylic acids is 1. The summed E-state index contributed by atoms with van der Waals surface area (Å²) in [5.74, 6) is 0.797. The Morgan fingerprint density at radius 1 is 1.35 bits per heavy atom. The third-order valence-electron chi connectivity index (χ3n) is 4.70. The minimum Gasteiger partial charge on any atom is -0.377 e. The minimum absolute atomic E-state index is 0.0647. The second-order valence-electron chi connectivity index (χ2n) is 6.46. The normalized spacial score (nSPS) is 23.9. The Kier molecular flexibility index (Phi) is 4.77. The predicted molar refractivity (Wildman–Crippen MR) is 85.1 cm³/mol. The van der Waals surface area contributed by atoms with E-state index >= 15 is 0 Å². The number of likely N-dealkylation sites (tertiary alicyclic amines) is 1. The van der Waals surface area contributed by atoms with Gasteiger partial charge < -0.3 is 19.5 Å². The maximum absolute atomic E-state index is 13.0. The third kappa shape index (κ3) is 3.61. The molecule has 1 atom stereocenters. The van der Waals surface area contributed by atoms with Gasteiger partial charge in [0.15, 0.2) is 0 Å². The largest absolute Gasteiger partial charge is 0.377 e. The standard InChI is InChI=1S/C16H24N4O3/c1-11-17-13(9-15(21)18-11)14-10-23-8-7-20(14)16(22)12-3-5-19(2)6-4-12/h9,12,14H,3-8,10H2,1-2H3,(H,17,18,21). The van der Waals surface area contributed by atoms with Gasteiger partial charge >= 0.3 is 0 Å². The fourth-order valence-electron chi connectivity index (χ4n) is 3.38. The van der Waals surface area contributed by atoms with Crippen molar-refractivity contribution in [3.63, 3.8) is 0 Å². The molecule has 0 bridgehead atoms. The highest BCUT2D eigenvalue weighted by molar-refractivity contribution is 5.79. The zero-order chi connectivity index (χ0) is 16.4. The summed E-state index contributed by atoms with van der Waals surface area (Å²) in [7, 11) is 2.08. The summed E-state index contributed by atoms with van der Waals surface area (Å²) in [5.41, 5.74) is 0.428. The van der Waals surface area contributed by atoms with E-state index in [1.165, 1.54) is 6.07 Å². The van der Waals surface area contributed by atoms with E-state index in [-0.39, 0.29) is 23.4 Å². The molecule has 0 aromatic carbocycles. The summed E-state index contributed by atoms with van der Waals surface area (Å²) in [5, 5.41) is 0. The van der Waals surface area contributed by atoms with Crippen LogP contribution in [0.15, 0.2) is 10.9 Å². The van der Waals surface area contributed by atoms with Gasteiger partial charge in [0.05, 0.1) is 24.9 Å². The summed E-state index contributed by atoms with van der Waals surface area (Å²) in [6.45, 7) is 5.15. The van der Waals surface area contributed by atoms with Gasteiger partial charge in [0.25, 0.3) is 5.56 Å². The van der Waals surface area contributed by atoms with Crippen molar-refractivity contribution in [2.75, 3.05) is 39.9 Å². The molecule has 3 heterocycles. The highest BCUT2D eigenvalue weighted by Gasteiger charge is 2.35. The van der Waals surface area contributed by atoms with Crippen LogP contribution in [0.25, 0.3) is 0 Å². The zero-order valence-electron chi connectivity index (χ0n) is 13.7. The Bertz CT molecular complexity index is 622. The van der Waals surface area contributed by atoms with Crippen LogP contribution in [0.1, 0.15) is 30.4 Å². The third-order valence-corrected chi connectivity index (χ3v) is 4.70. The number of piperidine rings is 1. The van der Waals surface area contributed by atoms with Crippen molar-refractivity contribution in [3.8, 4) is 0 Å². The number of hydrogen-bond donors (Lipinski definition) is 1. The molecule has 1 amide bonds. The lowest BCUT2D eigenvalue weighted by molar-refractivity contribution is -0.146. The number of amides is 1. The Morgan fingerprint density at radius 3 is 2.78 bits per heavy atom. The van der Waals surface area contributed by atoms with Crippen LogP contribution in [0, 0.1) is 12.8 Å². The molecule has 126 valence electrons. The average Bonchev–Trinajstić information content (AvgIpc) is 2.54. The summed E-state index contributed by atoms with van der Waals surface area (Å²) in [4.78, 5) is 35.8. The predicted octanol–water partition coefficient (Wildman–Crippen LogP) is 0.320. The minimum atomic E-state index is -0.267. The molecule has 3 rings (SSSR count). The van der Waals surface area contributed by atoms with E-state index in [2.05, 4.69) is 21.9 Å². The number of ether oxygens (including phenoxy) is 1. The van der Waals surface area contributed by atoms with Crippen LogP contribution in [0.5, 0.6) is 0 Å². The topological polar surface area (TPSA) is 78.5 Å². The number of aromatic amines is 1. The number of nitrogens with one attached hydrogen (secondary N) is 1. The van der Waals surface area contributed by atoms with Crippen molar-refractivity contribution in [2.45, 2.75) is 25.8 Å². The molecule has 0 aliphatic carbocycles. The Balaban J connectivity index is 1.81. The quantitative estimate of drug-likeness (QED) is 0.849. The van der Waals surface area contributed by atoms with E-state index in [9.17, 15) is 9.59 Å². The van der Waals surface area contributed by atoms with Gasteiger partial charge in [-0.25, -0.2) is 4.98 Å². The number of carbonyl (C=O) groups is 1. The molecule has 2 aliphatic heterocycles. The Hall–Kier alpha value is -1.73. The Labute approximate surface area is 135 Å². The lowest BCUT2D eigenvalue weighted by Crippen LogP contribution is -2.48. The molecule has 0 spiro atoms. The van der Waals surface area contributed by atoms with E-state index < -0.39 is 0 Å². The molecule has 0 saturated carbocycles. The zero-order valence-corrected chi connectivity index (χ0v) is 13.7. The fourth-order valence-corrected chi connectivity index (χ4v) is 3.38. The van der Waals surface area contributed by atoms with Gasteiger partial charge in [0.2, 0.25) is 5.91 Å². The molecule has 0 radical (unpaired) electrons. The average molecular weight is 320 g/mol. The second kappa shape index (κ2) is 6.80. The molecule has 2 saturated heterocycles. The van der Waals surface area contributed by atoms with Crippen molar-refractivity contribution in [2.24, 2.45) is 5.92 Å². The first-order valence-corrected chi connectivity index (χ1v) is 8.19. The first-order chi connectivity index (χ1) is 11.0. The van der Waals surface area contributed by atoms with Crippen LogP contribution < -0.4 is 5.56 Å². The van der Waals surface area contributed by atoms with E-state index in [1.807, 2.05) is 4.90 Å². The fraction of sp³-hybridized carbons (Fsp3) is 0.688. The number of aryl methyl sites for hydroxylation is 1. The molecule has 1 unspecified atom stereocenters. The maximum Gasteiger partial charge on any atom is 0.251 e. The van der Waals surface area contributed by atoms with Crippen molar-refractivity contribution in [1.29, 1.82) is 0 Å². The van der Waals surface area contributed by atoms with Crippen molar-refractivity contribution < 1.29 is 9.53 Å². The van der Waals surface area contributed by atoms with E-state index in [4.69, 9.17) is 4.74 Å². The van der Waals surface area contributed by atoms with Crippen LogP contribution in [0.4, 0.5) is 0 Å². The van der Waals surface area contributed by atoms with Crippen LogP contribution in [0.3, 0.4) is 0 Å². The van der Waals surface area contributed by atoms with Gasteiger partial charge in [0.1, 0.15) is 5.82 Å². The number of morpholine rings is 1. The van der Waals surface area contributed by atoms with Crippen LogP contribution in [-0.2, 0) is 9.53 Å². The summed E-state index contributed by atoms with van der Waals surface area (Å²) in [6, 6.07) is 1.21. The number of aromatic nitrogens is 2. The molecule has 2 aliphatic rings. The second-order valence-corrected chi connectivity index (χ2v) is 6.46. The monoisotopic (exact) mass is 320 g/mol. The molecule has 7 nitrogen and oxygen atoms in total. The van der Waals surface area contributed by atoms with Gasteiger partial charge in [-0.05, 0) is 39.9 Å². The van der Waals surface area contributed by atoms with Crippen molar-refractivity contribution in [3.05, 3.63) is 27.9 Å². The molecule has 23 heavy (non-hydrogen) atoms. The number of hydrogen-bond acceptors (Lipinski definition) is 5.